The molecule has 4 heteroatoms. The Morgan fingerprint density at radius 2 is 1.21 bits per heavy atom. The van der Waals surface area contributed by atoms with Crippen LogP contribution >= 0.6 is 0 Å². The van der Waals surface area contributed by atoms with E-state index in [-0.39, 0.29) is 12.8 Å². The zero-order valence-electron chi connectivity index (χ0n) is 7.85. The van der Waals surface area contributed by atoms with Gasteiger partial charge in [0, 0.05) is 12.8 Å². The van der Waals surface area contributed by atoms with E-state index in [9.17, 15) is 9.59 Å². The molecule has 0 saturated heterocycles. The second-order valence-electron chi connectivity index (χ2n) is 2.72. The van der Waals surface area contributed by atoms with E-state index in [1.165, 1.54) is 0 Å². The van der Waals surface area contributed by atoms with Crippen LogP contribution in [0.2, 0.25) is 0 Å². The van der Waals surface area contributed by atoms with Gasteiger partial charge < -0.3 is 10.2 Å². The van der Waals surface area contributed by atoms with Crippen LogP contribution in [0.15, 0.2) is 24.3 Å². The molecule has 0 heterocycles. The lowest BCUT2D eigenvalue weighted by Gasteiger charge is -1.86. The summed E-state index contributed by atoms with van der Waals surface area (Å²) < 4.78 is 0. The minimum Gasteiger partial charge on any atom is -0.481 e. The number of hydrogen-bond acceptors (Lipinski definition) is 2. The molecule has 0 amide bonds. The molecule has 0 unspecified atom stereocenters. The number of carbonyl (C=O) groups is 2. The Kier molecular flexibility index (Phi) is 7.13. The van der Waals surface area contributed by atoms with Gasteiger partial charge >= 0.3 is 11.9 Å². The lowest BCUT2D eigenvalue weighted by Crippen LogP contribution is -1.91. The van der Waals surface area contributed by atoms with Crippen molar-refractivity contribution in [1.29, 1.82) is 0 Å². The van der Waals surface area contributed by atoms with Gasteiger partial charge in [-0.1, -0.05) is 24.3 Å². The molecule has 4 nitrogen and oxygen atoms in total. The summed E-state index contributed by atoms with van der Waals surface area (Å²) in [5, 5.41) is 16.6. The number of aliphatic carboxylic acids is 2. The van der Waals surface area contributed by atoms with Crippen LogP contribution < -0.4 is 0 Å². The van der Waals surface area contributed by atoms with Crippen molar-refractivity contribution in [1.82, 2.24) is 0 Å². The summed E-state index contributed by atoms with van der Waals surface area (Å²) >= 11 is 0. The number of rotatable bonds is 7. The van der Waals surface area contributed by atoms with Gasteiger partial charge in [-0.25, -0.2) is 0 Å². The van der Waals surface area contributed by atoms with Crippen molar-refractivity contribution in [3.8, 4) is 0 Å². The van der Waals surface area contributed by atoms with Crippen molar-refractivity contribution in [2.75, 3.05) is 0 Å². The summed E-state index contributed by atoms with van der Waals surface area (Å²) in [5.41, 5.74) is 0. The second-order valence-corrected chi connectivity index (χ2v) is 2.72. The first-order valence-electron chi connectivity index (χ1n) is 4.38. The smallest absolute Gasteiger partial charge is 0.303 e. The molecule has 0 aliphatic rings. The van der Waals surface area contributed by atoms with Gasteiger partial charge in [-0.05, 0) is 12.8 Å². The average molecular weight is 198 g/mol. The monoisotopic (exact) mass is 198 g/mol. The summed E-state index contributed by atoms with van der Waals surface area (Å²) in [5.74, 6) is -1.63. The van der Waals surface area contributed by atoms with Crippen molar-refractivity contribution in [3.63, 3.8) is 0 Å². The van der Waals surface area contributed by atoms with Gasteiger partial charge in [0.15, 0.2) is 0 Å². The molecule has 0 aromatic rings. The van der Waals surface area contributed by atoms with Crippen LogP contribution in [0.5, 0.6) is 0 Å². The van der Waals surface area contributed by atoms with Gasteiger partial charge in [-0.2, -0.15) is 0 Å². The Morgan fingerprint density at radius 3 is 1.50 bits per heavy atom. The molecule has 78 valence electrons. The Hall–Kier alpha value is -1.58. The van der Waals surface area contributed by atoms with E-state index in [0.717, 1.165) is 0 Å². The molecule has 0 aromatic heterocycles. The Morgan fingerprint density at radius 1 is 0.857 bits per heavy atom. The maximum Gasteiger partial charge on any atom is 0.303 e. The first kappa shape index (κ1) is 12.4. The molecule has 0 aromatic carbocycles. The minimum atomic E-state index is -0.815. The second kappa shape index (κ2) is 8.04. The standard InChI is InChI=1S/C10H14O4/c11-9(12)7-5-3-1-2-4-6-8-10(13)14/h1-4H,5-8H2,(H,11,12)(H,13,14)/b3-1+,4-2+. The van der Waals surface area contributed by atoms with Crippen LogP contribution in [0.3, 0.4) is 0 Å². The molecule has 0 bridgehead atoms. The molecular formula is C10H14O4. The fourth-order valence-electron chi connectivity index (χ4n) is 0.763. The van der Waals surface area contributed by atoms with Gasteiger partial charge in [-0.3, -0.25) is 9.59 Å². The summed E-state index contributed by atoms with van der Waals surface area (Å²) in [7, 11) is 0. The maximum atomic E-state index is 10.1. The van der Waals surface area contributed by atoms with Gasteiger partial charge in [0.25, 0.3) is 0 Å². The summed E-state index contributed by atoms with van der Waals surface area (Å²) in [6.45, 7) is 0. The highest BCUT2D eigenvalue weighted by Crippen LogP contribution is 1.94. The number of carboxylic acid groups (broad SMARTS) is 2. The highest BCUT2D eigenvalue weighted by atomic mass is 16.4. The van der Waals surface area contributed by atoms with E-state index in [1.807, 2.05) is 0 Å². The molecule has 0 atom stereocenters. The maximum absolute atomic E-state index is 10.1. The quantitative estimate of drug-likeness (QED) is 0.612. The third-order valence-electron chi connectivity index (χ3n) is 1.43. The number of allylic oxidation sites excluding steroid dienone is 4. The van der Waals surface area contributed by atoms with Crippen molar-refractivity contribution in [2.24, 2.45) is 0 Å². The Labute approximate surface area is 82.6 Å². The first-order valence-corrected chi connectivity index (χ1v) is 4.38. The molecule has 0 fully saturated rings. The molecule has 0 radical (unpaired) electrons. The van der Waals surface area contributed by atoms with Crippen molar-refractivity contribution in [2.45, 2.75) is 25.7 Å². The van der Waals surface area contributed by atoms with Crippen LogP contribution in [-0.4, -0.2) is 22.2 Å². The van der Waals surface area contributed by atoms with Crippen LogP contribution in [0, 0.1) is 0 Å². The molecule has 0 aliphatic carbocycles. The molecule has 14 heavy (non-hydrogen) atoms. The normalized spacial score (nSPS) is 11.1. The van der Waals surface area contributed by atoms with Crippen LogP contribution in [0.25, 0.3) is 0 Å². The van der Waals surface area contributed by atoms with Gasteiger partial charge in [-0.15, -0.1) is 0 Å². The molecule has 0 aliphatic heterocycles. The molecule has 0 saturated carbocycles. The largest absolute Gasteiger partial charge is 0.481 e. The van der Waals surface area contributed by atoms with Crippen molar-refractivity contribution >= 4 is 11.9 Å². The lowest BCUT2D eigenvalue weighted by atomic mass is 10.2. The predicted molar refractivity (Wildman–Crippen MR) is 52.0 cm³/mol. The number of hydrogen-bond donors (Lipinski definition) is 2. The van der Waals surface area contributed by atoms with Crippen LogP contribution in [0.1, 0.15) is 25.7 Å². The van der Waals surface area contributed by atoms with Gasteiger partial charge in [0.1, 0.15) is 0 Å². The van der Waals surface area contributed by atoms with E-state index >= 15 is 0 Å². The summed E-state index contributed by atoms with van der Waals surface area (Å²) in [4.78, 5) is 20.2. The SMILES string of the molecule is O=C(O)CC/C=C/C=C/CCC(=O)O. The molecule has 2 N–H and O–H groups in total. The lowest BCUT2D eigenvalue weighted by molar-refractivity contribution is -0.137. The Balaban J connectivity index is 3.41. The fourth-order valence-corrected chi connectivity index (χ4v) is 0.763. The molecule has 0 rings (SSSR count). The average Bonchev–Trinajstić information content (AvgIpc) is 2.08. The molecule has 0 spiro atoms. The van der Waals surface area contributed by atoms with Gasteiger partial charge in [0.2, 0.25) is 0 Å². The third-order valence-corrected chi connectivity index (χ3v) is 1.43. The van der Waals surface area contributed by atoms with E-state index in [0.29, 0.717) is 12.8 Å². The zero-order chi connectivity index (χ0) is 10.8. The number of carboxylic acids is 2. The summed E-state index contributed by atoms with van der Waals surface area (Å²) in [6, 6.07) is 0. The zero-order valence-corrected chi connectivity index (χ0v) is 7.85. The minimum absolute atomic E-state index is 0.124. The van der Waals surface area contributed by atoms with E-state index in [2.05, 4.69) is 0 Å². The Bertz CT molecular complexity index is 215. The fraction of sp³-hybridized carbons (Fsp3) is 0.400. The third kappa shape index (κ3) is 10.4. The van der Waals surface area contributed by atoms with Crippen LogP contribution in [0.4, 0.5) is 0 Å². The first-order chi connectivity index (χ1) is 6.63. The summed E-state index contributed by atoms with van der Waals surface area (Å²) in [6.07, 6.45) is 8.18. The van der Waals surface area contributed by atoms with E-state index < -0.39 is 11.9 Å². The van der Waals surface area contributed by atoms with Crippen molar-refractivity contribution in [3.05, 3.63) is 24.3 Å². The predicted octanol–water partition coefficient (Wildman–Crippen LogP) is 1.83. The van der Waals surface area contributed by atoms with Crippen molar-refractivity contribution < 1.29 is 19.8 Å². The van der Waals surface area contributed by atoms with E-state index in [1.54, 1.807) is 24.3 Å². The van der Waals surface area contributed by atoms with Gasteiger partial charge in [0.05, 0.1) is 0 Å². The van der Waals surface area contributed by atoms with E-state index in [4.69, 9.17) is 10.2 Å². The van der Waals surface area contributed by atoms with Crippen LogP contribution in [-0.2, 0) is 9.59 Å². The topological polar surface area (TPSA) is 74.6 Å². The highest BCUT2D eigenvalue weighted by Gasteiger charge is 1.91. The highest BCUT2D eigenvalue weighted by molar-refractivity contribution is 5.67. The molecular weight excluding hydrogens is 184 g/mol.